The second-order valence-electron chi connectivity index (χ2n) is 2.98. The topological polar surface area (TPSA) is 82.9 Å². The number of rotatable bonds is 4. The summed E-state index contributed by atoms with van der Waals surface area (Å²) in [4.78, 5) is 5.31. The molecule has 3 N–H and O–H groups in total. The second kappa shape index (κ2) is 5.05. The molecule has 1 aromatic rings. The first-order valence-corrected chi connectivity index (χ1v) is 5.22. The van der Waals surface area contributed by atoms with Gasteiger partial charge in [0.25, 0.3) is 0 Å². The summed E-state index contributed by atoms with van der Waals surface area (Å²) in [6.45, 7) is 2.47. The van der Waals surface area contributed by atoms with Gasteiger partial charge >= 0.3 is 0 Å². The molecule has 0 aliphatic heterocycles. The number of nitrogens with zero attached hydrogens (tertiary/aromatic N) is 2. The Morgan fingerprint density at radius 1 is 1.71 bits per heavy atom. The van der Waals surface area contributed by atoms with E-state index in [1.807, 2.05) is 13.0 Å². The number of thiazole rings is 1. The molecule has 4 nitrogen and oxygen atoms in total. The van der Waals surface area contributed by atoms with Gasteiger partial charge in [-0.25, -0.2) is 4.98 Å². The van der Waals surface area contributed by atoms with E-state index in [2.05, 4.69) is 4.98 Å². The van der Waals surface area contributed by atoms with E-state index in [4.69, 9.17) is 11.0 Å². The van der Waals surface area contributed by atoms with Crippen LogP contribution in [0.25, 0.3) is 0 Å². The molecule has 5 heteroatoms. The van der Waals surface area contributed by atoms with Crippen LogP contribution in [0.1, 0.15) is 28.1 Å². The lowest BCUT2D eigenvalue weighted by atomic mass is 10.3. The van der Waals surface area contributed by atoms with Gasteiger partial charge < -0.3 is 10.8 Å². The summed E-state index contributed by atoms with van der Waals surface area (Å²) in [5.41, 5.74) is 6.35. The Morgan fingerprint density at radius 3 is 3.00 bits per heavy atom. The van der Waals surface area contributed by atoms with Crippen molar-refractivity contribution in [2.24, 2.45) is 5.73 Å². The van der Waals surface area contributed by atoms with Crippen LogP contribution in [0.3, 0.4) is 0 Å². The monoisotopic (exact) mass is 211 g/mol. The van der Waals surface area contributed by atoms with Gasteiger partial charge in [0.15, 0.2) is 0 Å². The maximum Gasteiger partial charge on any atom is 0.123 e. The maximum absolute atomic E-state index is 9.52. The lowest BCUT2D eigenvalue weighted by Gasteiger charge is -1.99. The van der Waals surface area contributed by atoms with E-state index in [9.17, 15) is 5.11 Å². The van der Waals surface area contributed by atoms with E-state index in [1.54, 1.807) is 0 Å². The fourth-order valence-corrected chi connectivity index (χ4v) is 2.20. The lowest BCUT2D eigenvalue weighted by Crippen LogP contribution is -2.01. The molecule has 1 aromatic heterocycles. The summed E-state index contributed by atoms with van der Waals surface area (Å²) in [6.07, 6.45) is 0.118. The first-order valence-electron chi connectivity index (χ1n) is 4.40. The predicted molar refractivity (Wildman–Crippen MR) is 54.8 cm³/mol. The van der Waals surface area contributed by atoms with Crippen LogP contribution in [-0.4, -0.2) is 16.6 Å². The number of aliphatic hydroxyl groups excluding tert-OH is 1. The van der Waals surface area contributed by atoms with Crippen LogP contribution in [0, 0.1) is 18.3 Å². The molecule has 0 saturated heterocycles. The first kappa shape index (κ1) is 11.1. The molecular formula is C9H13N3OS. The highest BCUT2D eigenvalue weighted by molar-refractivity contribution is 7.11. The Hall–Kier alpha value is -0.960. The Balaban J connectivity index is 2.80. The molecule has 1 unspecified atom stereocenters. The normalized spacial score (nSPS) is 12.4. The van der Waals surface area contributed by atoms with Crippen molar-refractivity contribution < 1.29 is 5.11 Å². The number of aryl methyl sites for hydroxylation is 1. The van der Waals surface area contributed by atoms with Gasteiger partial charge in [-0.1, -0.05) is 0 Å². The quantitative estimate of drug-likeness (QED) is 0.775. The van der Waals surface area contributed by atoms with Crippen molar-refractivity contribution in [3.05, 3.63) is 15.6 Å². The molecule has 0 aromatic carbocycles. The third-order valence-corrected chi connectivity index (χ3v) is 3.17. The van der Waals surface area contributed by atoms with E-state index in [0.717, 1.165) is 17.0 Å². The van der Waals surface area contributed by atoms with Crippen molar-refractivity contribution in [1.29, 1.82) is 5.26 Å². The Kier molecular flexibility index (Phi) is 4.01. The maximum atomic E-state index is 9.52. The third-order valence-electron chi connectivity index (χ3n) is 1.85. The zero-order chi connectivity index (χ0) is 10.6. The fraction of sp³-hybridized carbons (Fsp3) is 0.556. The van der Waals surface area contributed by atoms with Crippen LogP contribution in [0.4, 0.5) is 0 Å². The average molecular weight is 211 g/mol. The van der Waals surface area contributed by atoms with Gasteiger partial charge in [0.2, 0.25) is 0 Å². The highest BCUT2D eigenvalue weighted by atomic mass is 32.1. The zero-order valence-electron chi connectivity index (χ0n) is 8.03. The van der Waals surface area contributed by atoms with E-state index in [0.29, 0.717) is 11.6 Å². The molecule has 0 radical (unpaired) electrons. The van der Waals surface area contributed by atoms with Crippen molar-refractivity contribution in [3.8, 4) is 6.07 Å². The predicted octanol–water partition coefficient (Wildman–Crippen LogP) is 0.900. The molecule has 0 aliphatic rings. The summed E-state index contributed by atoms with van der Waals surface area (Å²) in [7, 11) is 0. The molecule has 0 amide bonds. The molecule has 1 atom stereocenters. The largest absolute Gasteiger partial charge is 0.385 e. The molecule has 1 rings (SSSR count). The van der Waals surface area contributed by atoms with Gasteiger partial charge in [0, 0.05) is 4.88 Å². The van der Waals surface area contributed by atoms with Gasteiger partial charge in [0.1, 0.15) is 11.1 Å². The summed E-state index contributed by atoms with van der Waals surface area (Å²) >= 11 is 1.44. The van der Waals surface area contributed by atoms with Crippen LogP contribution >= 0.6 is 11.3 Å². The van der Waals surface area contributed by atoms with E-state index < -0.39 is 6.10 Å². The number of aliphatic hydroxyl groups is 1. The fourth-order valence-electron chi connectivity index (χ4n) is 1.13. The molecule has 76 valence electrons. The Morgan fingerprint density at radius 2 is 2.43 bits per heavy atom. The van der Waals surface area contributed by atoms with E-state index >= 15 is 0 Å². The summed E-state index contributed by atoms with van der Waals surface area (Å²) in [6, 6.07) is 1.92. The standard InChI is InChI=1S/C9H13N3OS/c1-6-8(3-5-11)14-9(12-6)7(13)2-4-10/h7,13H,2-3,5,11H2,1H3. The number of hydrogen-bond donors (Lipinski definition) is 2. The number of hydrogen-bond acceptors (Lipinski definition) is 5. The van der Waals surface area contributed by atoms with Gasteiger partial charge in [-0.15, -0.1) is 11.3 Å². The van der Waals surface area contributed by atoms with E-state index in [1.165, 1.54) is 11.3 Å². The molecule has 0 fully saturated rings. The summed E-state index contributed by atoms with van der Waals surface area (Å²) in [5, 5.41) is 18.6. The first-order chi connectivity index (χ1) is 6.69. The minimum atomic E-state index is -0.754. The zero-order valence-corrected chi connectivity index (χ0v) is 8.84. The van der Waals surface area contributed by atoms with Crippen molar-refractivity contribution in [2.45, 2.75) is 25.9 Å². The Labute approximate surface area is 87.0 Å². The second-order valence-corrected chi connectivity index (χ2v) is 4.09. The van der Waals surface area contributed by atoms with Gasteiger partial charge in [0.05, 0.1) is 18.2 Å². The molecule has 0 aliphatic carbocycles. The highest BCUT2D eigenvalue weighted by Crippen LogP contribution is 2.25. The highest BCUT2D eigenvalue weighted by Gasteiger charge is 2.14. The third kappa shape index (κ3) is 2.51. The van der Waals surface area contributed by atoms with Crippen LogP contribution in [0.15, 0.2) is 0 Å². The molecule has 14 heavy (non-hydrogen) atoms. The number of aromatic nitrogens is 1. The lowest BCUT2D eigenvalue weighted by molar-refractivity contribution is 0.183. The molecule has 0 bridgehead atoms. The molecule has 0 saturated carbocycles. The summed E-state index contributed by atoms with van der Waals surface area (Å²) < 4.78 is 0. The van der Waals surface area contributed by atoms with Crippen LogP contribution in [0.5, 0.6) is 0 Å². The molecule has 1 heterocycles. The van der Waals surface area contributed by atoms with Gasteiger partial charge in [-0.3, -0.25) is 0 Å². The molecular weight excluding hydrogens is 198 g/mol. The number of nitriles is 1. The minimum Gasteiger partial charge on any atom is -0.385 e. The van der Waals surface area contributed by atoms with Crippen molar-refractivity contribution >= 4 is 11.3 Å². The number of nitrogens with two attached hydrogens (primary N) is 1. The average Bonchev–Trinajstić information content (AvgIpc) is 2.49. The molecule has 0 spiro atoms. The van der Waals surface area contributed by atoms with Crippen LogP contribution in [0.2, 0.25) is 0 Å². The van der Waals surface area contributed by atoms with Crippen LogP contribution < -0.4 is 5.73 Å². The van der Waals surface area contributed by atoms with Crippen molar-refractivity contribution in [3.63, 3.8) is 0 Å². The minimum absolute atomic E-state index is 0.0923. The Bertz CT molecular complexity index is 342. The van der Waals surface area contributed by atoms with Crippen LogP contribution in [-0.2, 0) is 6.42 Å². The SMILES string of the molecule is Cc1nc(C(O)CC#N)sc1CCN. The van der Waals surface area contributed by atoms with Gasteiger partial charge in [-0.05, 0) is 19.9 Å². The van der Waals surface area contributed by atoms with Crippen molar-refractivity contribution in [1.82, 2.24) is 4.98 Å². The summed E-state index contributed by atoms with van der Waals surface area (Å²) in [5.74, 6) is 0. The van der Waals surface area contributed by atoms with Crippen molar-refractivity contribution in [2.75, 3.05) is 6.54 Å². The van der Waals surface area contributed by atoms with Gasteiger partial charge in [-0.2, -0.15) is 5.26 Å². The smallest absolute Gasteiger partial charge is 0.123 e. The van der Waals surface area contributed by atoms with E-state index in [-0.39, 0.29) is 6.42 Å².